The summed E-state index contributed by atoms with van der Waals surface area (Å²) in [7, 11) is 1.77. The summed E-state index contributed by atoms with van der Waals surface area (Å²) in [6.07, 6.45) is 8.00. The van der Waals surface area contributed by atoms with E-state index in [4.69, 9.17) is 23.7 Å². The molecule has 7 aliphatic rings. The largest absolute Gasteiger partial charge is 0.390 e. The second-order valence-electron chi connectivity index (χ2n) is 18.8. The Bertz CT molecular complexity index is 1160. The molecule has 0 radical (unpaired) electrons. The molecule has 2 spiro atoms. The van der Waals surface area contributed by atoms with E-state index in [2.05, 4.69) is 39.5 Å². The van der Waals surface area contributed by atoms with Crippen LogP contribution in [0.5, 0.6) is 0 Å². The van der Waals surface area contributed by atoms with Crippen LogP contribution in [0, 0.1) is 50.7 Å². The lowest BCUT2D eigenvalue weighted by Gasteiger charge is -2.64. The normalized spacial score (nSPS) is 51.3. The van der Waals surface area contributed by atoms with Crippen molar-refractivity contribution < 1.29 is 33.9 Å². The Kier molecular flexibility index (Phi) is 8.86. The van der Waals surface area contributed by atoms with Gasteiger partial charge in [0.15, 0.2) is 6.29 Å². The minimum atomic E-state index is -1.01. The average molecular weight is 662 g/mol. The van der Waals surface area contributed by atoms with Gasteiger partial charge in [-0.05, 0) is 117 Å². The van der Waals surface area contributed by atoms with E-state index in [1.54, 1.807) is 7.11 Å². The smallest absolute Gasteiger partial charge is 0.170 e. The molecule has 14 atom stereocenters. The second-order valence-corrected chi connectivity index (χ2v) is 18.8. The molecule has 270 valence electrons. The van der Waals surface area contributed by atoms with Gasteiger partial charge in [0.1, 0.15) is 6.10 Å². The van der Waals surface area contributed by atoms with Crippen molar-refractivity contribution in [3.05, 3.63) is 0 Å². The average Bonchev–Trinajstić information content (AvgIpc) is 3.64. The van der Waals surface area contributed by atoms with E-state index in [0.29, 0.717) is 47.7 Å². The number of methoxy groups -OCH3 is 1. The summed E-state index contributed by atoms with van der Waals surface area (Å²) >= 11 is 0. The van der Waals surface area contributed by atoms with Crippen LogP contribution in [0.2, 0.25) is 0 Å². The molecule has 47 heavy (non-hydrogen) atoms. The number of nitrogens with zero attached hydrogens (tertiary/aromatic N) is 1. The Morgan fingerprint density at radius 2 is 1.74 bits per heavy atom. The van der Waals surface area contributed by atoms with E-state index in [0.717, 1.165) is 39.1 Å². The van der Waals surface area contributed by atoms with Gasteiger partial charge < -0.3 is 33.9 Å². The number of ether oxygens (including phenoxy) is 5. The standard InChI is InChI=1S/C39H67NO7/c1-10-44-33(35(5,6)42)25-21-24(2)30-31(46-25)32(41)37(8)27-12-11-26-34(3,4)28(47-29-22-40(17-19-43-9)18-20-45-29)13-14-38(26)23-39(27,38)16-15-36(30,37)7/h24-33,41-42H,10-23H2,1-9H3/t24-,25-,26+,27+,28+,29+,30+,31+,32+,33+,36-,37-,38?,39?/m1/s1. The molecule has 0 aromatic rings. The van der Waals surface area contributed by atoms with E-state index in [1.807, 2.05) is 20.8 Å². The molecule has 7 rings (SSSR count). The van der Waals surface area contributed by atoms with Crippen LogP contribution in [0.4, 0.5) is 0 Å². The van der Waals surface area contributed by atoms with Gasteiger partial charge in [-0.2, -0.15) is 0 Å². The molecule has 8 heteroatoms. The van der Waals surface area contributed by atoms with Crippen LogP contribution in [0.15, 0.2) is 0 Å². The van der Waals surface area contributed by atoms with Gasteiger partial charge in [0.25, 0.3) is 0 Å². The quantitative estimate of drug-likeness (QED) is 0.327. The number of hydrogen-bond donors (Lipinski definition) is 2. The Morgan fingerprint density at radius 3 is 2.45 bits per heavy atom. The number of aliphatic hydroxyl groups excluding tert-OH is 1. The van der Waals surface area contributed by atoms with Gasteiger partial charge in [-0.15, -0.1) is 0 Å². The molecular weight excluding hydrogens is 594 g/mol. The van der Waals surface area contributed by atoms with Crippen molar-refractivity contribution in [1.29, 1.82) is 0 Å². The zero-order valence-corrected chi connectivity index (χ0v) is 31.1. The lowest BCUT2D eigenvalue weighted by molar-refractivity contribution is -0.249. The third-order valence-electron chi connectivity index (χ3n) is 16.2. The zero-order chi connectivity index (χ0) is 33.8. The maximum atomic E-state index is 12.6. The van der Waals surface area contributed by atoms with Gasteiger partial charge in [0, 0.05) is 38.8 Å². The summed E-state index contributed by atoms with van der Waals surface area (Å²) in [6.45, 7) is 22.6. The van der Waals surface area contributed by atoms with Crippen molar-refractivity contribution in [3.63, 3.8) is 0 Å². The Morgan fingerprint density at radius 1 is 1.02 bits per heavy atom. The van der Waals surface area contributed by atoms with Gasteiger partial charge >= 0.3 is 0 Å². The highest BCUT2D eigenvalue weighted by atomic mass is 16.7. The topological polar surface area (TPSA) is 89.9 Å². The molecule has 5 saturated carbocycles. The number of fused-ring (bicyclic) bond motifs is 4. The third-order valence-corrected chi connectivity index (χ3v) is 16.2. The molecule has 0 aromatic carbocycles. The van der Waals surface area contributed by atoms with Crippen LogP contribution < -0.4 is 0 Å². The molecule has 5 aliphatic carbocycles. The van der Waals surface area contributed by atoms with E-state index in [-0.39, 0.29) is 40.8 Å². The Hall–Kier alpha value is -0.320. The summed E-state index contributed by atoms with van der Waals surface area (Å²) < 4.78 is 31.5. The van der Waals surface area contributed by atoms with Crippen molar-refractivity contribution in [2.75, 3.05) is 46.6 Å². The summed E-state index contributed by atoms with van der Waals surface area (Å²) in [5.41, 5.74) is -0.458. The minimum Gasteiger partial charge on any atom is -0.390 e. The fourth-order valence-corrected chi connectivity index (χ4v) is 14.1. The van der Waals surface area contributed by atoms with Crippen molar-refractivity contribution in [3.8, 4) is 0 Å². The second kappa shape index (κ2) is 11.9. The first-order valence-electron chi connectivity index (χ1n) is 19.3. The third kappa shape index (κ3) is 4.95. The van der Waals surface area contributed by atoms with E-state index in [9.17, 15) is 10.2 Å². The summed E-state index contributed by atoms with van der Waals surface area (Å²) in [5, 5.41) is 23.7. The van der Waals surface area contributed by atoms with E-state index in [1.165, 1.54) is 38.5 Å². The van der Waals surface area contributed by atoms with Gasteiger partial charge in [-0.3, -0.25) is 4.90 Å². The van der Waals surface area contributed by atoms with Gasteiger partial charge in [-0.25, -0.2) is 0 Å². The van der Waals surface area contributed by atoms with Crippen LogP contribution in [-0.4, -0.2) is 104 Å². The monoisotopic (exact) mass is 661 g/mol. The highest BCUT2D eigenvalue weighted by molar-refractivity contribution is 5.33. The molecule has 0 bridgehead atoms. The molecule has 0 aromatic heterocycles. The molecule has 8 nitrogen and oxygen atoms in total. The zero-order valence-electron chi connectivity index (χ0n) is 31.1. The van der Waals surface area contributed by atoms with Crippen LogP contribution in [0.3, 0.4) is 0 Å². The highest BCUT2D eigenvalue weighted by Crippen LogP contribution is 2.89. The number of rotatable bonds is 9. The SMILES string of the molecule is CCO[C@@H]([C@H]1C[C@@H](C)[C@H]2[C@H](O1)[C@H](O)[C@@]1(C)[C@@H]3CC[C@H]4C(C)(C)[C@@H](O[C@H]5CN(CCOC)CCO5)CCC45CC35CC[C@]21C)C(C)(C)O. The first-order chi connectivity index (χ1) is 22.1. The first-order valence-corrected chi connectivity index (χ1v) is 19.3. The lowest BCUT2D eigenvalue weighted by atomic mass is 9.41. The van der Waals surface area contributed by atoms with Crippen molar-refractivity contribution in [2.24, 2.45) is 50.7 Å². The van der Waals surface area contributed by atoms with Crippen LogP contribution in [-0.2, 0) is 23.7 Å². The Labute approximate surface area is 284 Å². The van der Waals surface area contributed by atoms with Crippen molar-refractivity contribution >= 4 is 0 Å². The van der Waals surface area contributed by atoms with Crippen LogP contribution >= 0.6 is 0 Å². The van der Waals surface area contributed by atoms with Crippen molar-refractivity contribution in [2.45, 2.75) is 149 Å². The minimum absolute atomic E-state index is 0.0205. The fourth-order valence-electron chi connectivity index (χ4n) is 14.1. The van der Waals surface area contributed by atoms with Crippen LogP contribution in [0.25, 0.3) is 0 Å². The Balaban J connectivity index is 1.11. The van der Waals surface area contributed by atoms with Gasteiger partial charge in [0.2, 0.25) is 0 Å². The fraction of sp³-hybridized carbons (Fsp3) is 1.00. The maximum absolute atomic E-state index is 12.6. The number of hydrogen-bond acceptors (Lipinski definition) is 8. The van der Waals surface area contributed by atoms with E-state index >= 15 is 0 Å². The van der Waals surface area contributed by atoms with Gasteiger partial charge in [-0.1, -0.05) is 34.6 Å². The molecule has 2 unspecified atom stereocenters. The summed E-state index contributed by atoms with van der Waals surface area (Å²) in [6, 6.07) is 0. The summed E-state index contributed by atoms with van der Waals surface area (Å²) in [4.78, 5) is 2.41. The predicted octanol–water partition coefficient (Wildman–Crippen LogP) is 5.67. The molecule has 2 aliphatic heterocycles. The highest BCUT2D eigenvalue weighted by Gasteiger charge is 2.84. The van der Waals surface area contributed by atoms with Crippen molar-refractivity contribution in [1.82, 2.24) is 4.90 Å². The maximum Gasteiger partial charge on any atom is 0.170 e. The molecule has 7 fully saturated rings. The molecule has 2 saturated heterocycles. The lowest BCUT2D eigenvalue weighted by Crippen LogP contribution is -2.60. The molecule has 2 N–H and O–H groups in total. The number of aliphatic hydroxyl groups is 2. The molecular formula is C39H67NO7. The van der Waals surface area contributed by atoms with Gasteiger partial charge in [0.05, 0.1) is 43.2 Å². The predicted molar refractivity (Wildman–Crippen MR) is 181 cm³/mol. The number of morpholine rings is 1. The molecule has 0 amide bonds. The first kappa shape index (κ1) is 35.1. The van der Waals surface area contributed by atoms with Crippen LogP contribution in [0.1, 0.15) is 107 Å². The molecule has 2 heterocycles. The summed E-state index contributed by atoms with van der Waals surface area (Å²) in [5.74, 6) is 1.83. The van der Waals surface area contributed by atoms with E-state index < -0.39 is 17.8 Å².